The van der Waals surface area contributed by atoms with E-state index in [0.717, 1.165) is 0 Å². The van der Waals surface area contributed by atoms with Gasteiger partial charge in [-0.2, -0.15) is 17.0 Å². The Morgan fingerprint density at radius 2 is 2.03 bits per heavy atom. The molecule has 0 unspecified atom stereocenters. The van der Waals surface area contributed by atoms with Gasteiger partial charge in [-0.3, -0.25) is 10.7 Å². The van der Waals surface area contributed by atoms with E-state index < -0.39 is 16.0 Å². The van der Waals surface area contributed by atoms with Gasteiger partial charge in [-0.05, 0) is 58.5 Å². The second-order valence-corrected chi connectivity index (χ2v) is 9.95. The summed E-state index contributed by atoms with van der Waals surface area (Å²) >= 11 is 3.07. The first kappa shape index (κ1) is 24.5. The van der Waals surface area contributed by atoms with Crippen LogP contribution in [0.4, 0.5) is 15.9 Å². The number of nitrogens with one attached hydrogen (secondary N) is 2. The number of rotatable bonds is 9. The molecule has 1 aliphatic rings. The fourth-order valence-corrected chi connectivity index (χ4v) is 4.91. The van der Waals surface area contributed by atoms with Gasteiger partial charge in [0.1, 0.15) is 5.82 Å². The maximum Gasteiger partial charge on any atom is 0.282 e. The van der Waals surface area contributed by atoms with Gasteiger partial charge in [-0.25, -0.2) is 14.0 Å². The maximum atomic E-state index is 13.4. The molecule has 2 heterocycles. The van der Waals surface area contributed by atoms with E-state index in [4.69, 9.17) is 4.63 Å². The molecule has 1 fully saturated rings. The van der Waals surface area contributed by atoms with Crippen LogP contribution in [0.15, 0.2) is 32.3 Å². The summed E-state index contributed by atoms with van der Waals surface area (Å²) in [7, 11) is 0.266. The molecule has 0 aliphatic carbocycles. The zero-order chi connectivity index (χ0) is 23.3. The van der Waals surface area contributed by atoms with Crippen molar-refractivity contribution in [2.24, 2.45) is 4.99 Å². The van der Waals surface area contributed by atoms with E-state index >= 15 is 0 Å². The van der Waals surface area contributed by atoms with Crippen molar-refractivity contribution in [3.8, 4) is 0 Å². The largest absolute Gasteiger partial charge is 0.364 e. The Morgan fingerprint density at radius 3 is 2.69 bits per heavy atom. The lowest BCUT2D eigenvalue weighted by Gasteiger charge is -2.20. The van der Waals surface area contributed by atoms with Gasteiger partial charge < -0.3 is 10.2 Å². The first-order chi connectivity index (χ1) is 15.2. The number of benzene rings is 1. The van der Waals surface area contributed by atoms with Crippen LogP contribution < -0.4 is 10.8 Å². The molecule has 1 aromatic carbocycles. The van der Waals surface area contributed by atoms with E-state index in [0.29, 0.717) is 31.9 Å². The minimum Gasteiger partial charge on any atom is -0.364 e. The fraction of sp³-hybridized carbons (Fsp3) is 0.471. The van der Waals surface area contributed by atoms with Crippen molar-refractivity contribution >= 4 is 43.5 Å². The summed E-state index contributed by atoms with van der Waals surface area (Å²) < 4.78 is 46.5. The topological polar surface area (TPSA) is 139 Å². The van der Waals surface area contributed by atoms with E-state index in [-0.39, 0.29) is 34.9 Å². The van der Waals surface area contributed by atoms with Gasteiger partial charge in [0.05, 0.1) is 10.2 Å². The molecule has 0 amide bonds. The number of aromatic nitrogens is 2. The Balaban J connectivity index is 1.63. The number of hydrogen-bond donors (Lipinski definition) is 3. The van der Waals surface area contributed by atoms with Crippen molar-refractivity contribution < 1.29 is 22.6 Å². The predicted octanol–water partition coefficient (Wildman–Crippen LogP) is 0.864. The van der Waals surface area contributed by atoms with Crippen LogP contribution in [-0.2, 0) is 10.2 Å². The Bertz CT molecular complexity index is 1060. The molecule has 32 heavy (non-hydrogen) atoms. The molecular weight excluding hydrogens is 511 g/mol. The summed E-state index contributed by atoms with van der Waals surface area (Å²) in [6.45, 7) is 2.33. The van der Waals surface area contributed by atoms with Crippen molar-refractivity contribution in [3.05, 3.63) is 34.2 Å². The SMILES string of the molecule is CN(C)CCN1CCN(CCNc2nonc2C(=Nc2ccc(F)c(Br)c2)NO)S1(=O)=O. The van der Waals surface area contributed by atoms with Crippen LogP contribution in [-0.4, -0.2) is 96.6 Å². The molecule has 0 bridgehead atoms. The summed E-state index contributed by atoms with van der Waals surface area (Å²) in [6, 6.07) is 4.06. The molecule has 15 heteroatoms. The molecule has 0 atom stereocenters. The zero-order valence-electron chi connectivity index (χ0n) is 17.5. The average Bonchev–Trinajstić information content (AvgIpc) is 3.31. The van der Waals surface area contributed by atoms with Gasteiger partial charge in [-0.15, -0.1) is 0 Å². The number of hydroxylamine groups is 1. The molecule has 0 saturated carbocycles. The number of aliphatic imine (C=N–C) groups is 1. The second-order valence-electron chi connectivity index (χ2n) is 7.17. The van der Waals surface area contributed by atoms with E-state index in [9.17, 15) is 18.0 Å². The molecule has 1 aromatic heterocycles. The van der Waals surface area contributed by atoms with Crippen LogP contribution in [0.2, 0.25) is 0 Å². The Hall–Kier alpha value is -2.17. The first-order valence-corrected chi connectivity index (χ1v) is 11.8. The molecule has 1 saturated heterocycles. The highest BCUT2D eigenvalue weighted by atomic mass is 79.9. The maximum absolute atomic E-state index is 13.4. The van der Waals surface area contributed by atoms with Gasteiger partial charge >= 0.3 is 0 Å². The van der Waals surface area contributed by atoms with Crippen LogP contribution >= 0.6 is 15.9 Å². The molecule has 0 spiro atoms. The predicted molar refractivity (Wildman–Crippen MR) is 119 cm³/mol. The van der Waals surface area contributed by atoms with Gasteiger partial charge in [0.15, 0.2) is 11.5 Å². The molecule has 3 N–H and O–H groups in total. The highest BCUT2D eigenvalue weighted by Gasteiger charge is 2.35. The number of halogens is 2. The lowest BCUT2D eigenvalue weighted by molar-refractivity contribution is 0.234. The van der Waals surface area contributed by atoms with Gasteiger partial charge in [0, 0.05) is 39.3 Å². The van der Waals surface area contributed by atoms with Crippen LogP contribution in [0.25, 0.3) is 0 Å². The summed E-state index contributed by atoms with van der Waals surface area (Å²) in [5.41, 5.74) is 2.33. The van der Waals surface area contributed by atoms with E-state index in [1.54, 1.807) is 0 Å². The van der Waals surface area contributed by atoms with Crippen LogP contribution in [0.1, 0.15) is 5.69 Å². The minimum atomic E-state index is -3.51. The van der Waals surface area contributed by atoms with E-state index in [1.165, 1.54) is 26.8 Å². The van der Waals surface area contributed by atoms with Crippen LogP contribution in [0.3, 0.4) is 0 Å². The third-order valence-corrected chi connectivity index (χ3v) is 7.31. The summed E-state index contributed by atoms with van der Waals surface area (Å²) in [6.07, 6.45) is 0. The Morgan fingerprint density at radius 1 is 1.31 bits per heavy atom. The van der Waals surface area contributed by atoms with Crippen molar-refractivity contribution in [1.82, 2.24) is 29.3 Å². The average molecular weight is 535 g/mol. The quantitative estimate of drug-likeness (QED) is 0.242. The van der Waals surface area contributed by atoms with Gasteiger partial charge in [-0.1, -0.05) is 0 Å². The summed E-state index contributed by atoms with van der Waals surface area (Å²) in [4.78, 5) is 6.10. The molecule has 2 aromatic rings. The van der Waals surface area contributed by atoms with Crippen LogP contribution in [0.5, 0.6) is 0 Å². The Labute approximate surface area is 193 Å². The first-order valence-electron chi connectivity index (χ1n) is 9.63. The lowest BCUT2D eigenvalue weighted by Crippen LogP contribution is -2.38. The minimum absolute atomic E-state index is 0.0739. The van der Waals surface area contributed by atoms with Crippen molar-refractivity contribution in [2.75, 3.05) is 58.7 Å². The van der Waals surface area contributed by atoms with Crippen molar-refractivity contribution in [2.45, 2.75) is 0 Å². The normalized spacial score (nSPS) is 17.2. The number of amidine groups is 1. The molecule has 176 valence electrons. The summed E-state index contributed by atoms with van der Waals surface area (Å²) in [5.74, 6) is -0.381. The highest BCUT2D eigenvalue weighted by Crippen LogP contribution is 2.23. The lowest BCUT2D eigenvalue weighted by atomic mass is 10.3. The van der Waals surface area contributed by atoms with Crippen molar-refractivity contribution in [1.29, 1.82) is 0 Å². The number of anilines is 1. The Kier molecular flexibility index (Phi) is 8.13. The van der Waals surface area contributed by atoms with E-state index in [2.05, 4.69) is 36.6 Å². The monoisotopic (exact) mass is 534 g/mol. The number of hydrogen-bond acceptors (Lipinski definition) is 9. The van der Waals surface area contributed by atoms with Crippen LogP contribution in [0, 0.1) is 5.82 Å². The molecular formula is C17H24BrFN8O4S. The van der Waals surface area contributed by atoms with Gasteiger partial charge in [0.2, 0.25) is 5.82 Å². The standard InChI is InChI=1S/C17H24BrFN8O4S/c1-25(2)7-8-27-10-9-26(32(27,29)30)6-5-20-16-15(23-31-24-16)17(22-28)21-12-3-4-14(19)13(18)11-12/h3-4,11,28H,5-10H2,1-2H3,(H,20,24)(H,21,22). The second kappa shape index (κ2) is 10.6. The molecule has 3 rings (SSSR count). The smallest absolute Gasteiger partial charge is 0.282 e. The fourth-order valence-electron chi connectivity index (χ4n) is 2.96. The molecule has 12 nitrogen and oxygen atoms in total. The third kappa shape index (κ3) is 5.79. The summed E-state index contributed by atoms with van der Waals surface area (Å²) in [5, 5.41) is 19.9. The molecule has 0 radical (unpaired) electrons. The number of nitrogens with zero attached hydrogens (tertiary/aromatic N) is 6. The number of likely N-dealkylation sites (N-methyl/N-ethyl adjacent to an activating group) is 1. The highest BCUT2D eigenvalue weighted by molar-refractivity contribution is 9.10. The molecule has 1 aliphatic heterocycles. The zero-order valence-corrected chi connectivity index (χ0v) is 19.9. The van der Waals surface area contributed by atoms with Gasteiger partial charge in [0.25, 0.3) is 10.2 Å². The van der Waals surface area contributed by atoms with E-state index in [1.807, 2.05) is 24.5 Å². The third-order valence-electron chi connectivity index (χ3n) is 4.66. The van der Waals surface area contributed by atoms with Crippen molar-refractivity contribution in [3.63, 3.8) is 0 Å².